The lowest BCUT2D eigenvalue weighted by molar-refractivity contribution is -0.138. The summed E-state index contributed by atoms with van der Waals surface area (Å²) in [7, 11) is 0. The Morgan fingerprint density at radius 2 is 2.10 bits per heavy atom. The van der Waals surface area contributed by atoms with Gasteiger partial charge in [0.25, 0.3) is 5.91 Å². The molecule has 0 fully saturated rings. The van der Waals surface area contributed by atoms with Crippen LogP contribution in [0, 0.1) is 0 Å². The van der Waals surface area contributed by atoms with Crippen LogP contribution in [-0.2, 0) is 6.18 Å². The van der Waals surface area contributed by atoms with E-state index in [4.69, 9.17) is 5.11 Å². The maximum atomic E-state index is 12.8. The molecule has 0 spiro atoms. The molecule has 0 saturated heterocycles. The van der Waals surface area contributed by atoms with Crippen LogP contribution >= 0.6 is 15.9 Å². The molecule has 0 unspecified atom stereocenters. The molecule has 0 aliphatic heterocycles. The first-order valence-corrected chi connectivity index (χ1v) is 6.48. The van der Waals surface area contributed by atoms with Crippen molar-refractivity contribution in [3.63, 3.8) is 0 Å². The zero-order valence-corrected chi connectivity index (χ0v) is 12.0. The number of rotatable bonds is 5. The van der Waals surface area contributed by atoms with Crippen molar-refractivity contribution < 1.29 is 23.1 Å². The Bertz CT molecular complexity index is 503. The van der Waals surface area contributed by atoms with Crippen LogP contribution in [0.15, 0.2) is 35.3 Å². The van der Waals surface area contributed by atoms with Crippen molar-refractivity contribution in [3.8, 4) is 0 Å². The van der Waals surface area contributed by atoms with Gasteiger partial charge in [0, 0.05) is 23.1 Å². The highest BCUT2D eigenvalue weighted by Gasteiger charge is 2.33. The fraction of sp³-hybridized carbons (Fsp3) is 0.308. The highest BCUT2D eigenvalue weighted by molar-refractivity contribution is 9.10. The van der Waals surface area contributed by atoms with E-state index in [1.54, 1.807) is 0 Å². The highest BCUT2D eigenvalue weighted by Crippen LogP contribution is 2.35. The van der Waals surface area contributed by atoms with E-state index in [1.165, 1.54) is 23.1 Å². The minimum atomic E-state index is -4.55. The van der Waals surface area contributed by atoms with Crippen molar-refractivity contribution in [2.75, 3.05) is 19.7 Å². The number of carbonyl (C=O) groups is 1. The van der Waals surface area contributed by atoms with E-state index in [-0.39, 0.29) is 29.7 Å². The molecule has 20 heavy (non-hydrogen) atoms. The molecule has 0 aliphatic carbocycles. The molecule has 0 radical (unpaired) electrons. The number of aliphatic hydroxyl groups excluding tert-OH is 1. The lowest BCUT2D eigenvalue weighted by atomic mass is 10.1. The topological polar surface area (TPSA) is 40.5 Å². The largest absolute Gasteiger partial charge is 0.417 e. The van der Waals surface area contributed by atoms with Gasteiger partial charge in [0.2, 0.25) is 0 Å². The summed E-state index contributed by atoms with van der Waals surface area (Å²) in [5.74, 6) is -0.586. The van der Waals surface area contributed by atoms with Crippen molar-refractivity contribution in [2.24, 2.45) is 0 Å². The third-order valence-corrected chi connectivity index (χ3v) is 3.22. The third-order valence-electron chi connectivity index (χ3n) is 2.53. The number of halogens is 4. The first-order valence-electron chi connectivity index (χ1n) is 5.69. The molecule has 1 aromatic rings. The number of hydrogen-bond acceptors (Lipinski definition) is 2. The fourth-order valence-corrected chi connectivity index (χ4v) is 2.08. The van der Waals surface area contributed by atoms with Crippen molar-refractivity contribution in [3.05, 3.63) is 46.5 Å². The Kier molecular flexibility index (Phi) is 5.76. The van der Waals surface area contributed by atoms with E-state index in [2.05, 4.69) is 22.5 Å². The van der Waals surface area contributed by atoms with Crippen molar-refractivity contribution in [1.29, 1.82) is 0 Å². The van der Waals surface area contributed by atoms with Gasteiger partial charge in [0.1, 0.15) is 0 Å². The summed E-state index contributed by atoms with van der Waals surface area (Å²) in [6.07, 6.45) is -3.10. The molecule has 110 valence electrons. The predicted molar refractivity (Wildman–Crippen MR) is 72.3 cm³/mol. The predicted octanol–water partition coefficient (Wildman–Crippen LogP) is 3.09. The van der Waals surface area contributed by atoms with Gasteiger partial charge in [-0.05, 0) is 18.2 Å². The number of alkyl halides is 3. The summed E-state index contributed by atoms with van der Waals surface area (Å²) in [6.45, 7) is 3.37. The minimum Gasteiger partial charge on any atom is -0.395 e. The molecule has 7 heteroatoms. The van der Waals surface area contributed by atoms with E-state index in [1.807, 2.05) is 0 Å². The fourth-order valence-electron chi connectivity index (χ4n) is 1.61. The van der Waals surface area contributed by atoms with Gasteiger partial charge >= 0.3 is 6.18 Å². The molecule has 1 aromatic carbocycles. The lowest BCUT2D eigenvalue weighted by Crippen LogP contribution is -2.33. The van der Waals surface area contributed by atoms with Crippen LogP contribution in [0.25, 0.3) is 0 Å². The van der Waals surface area contributed by atoms with Crippen LogP contribution in [0.3, 0.4) is 0 Å². The second-order valence-electron chi connectivity index (χ2n) is 3.96. The van der Waals surface area contributed by atoms with Crippen LogP contribution in [0.2, 0.25) is 0 Å². The number of carbonyl (C=O) groups excluding carboxylic acids is 1. The van der Waals surface area contributed by atoms with Gasteiger partial charge in [-0.15, -0.1) is 6.58 Å². The second kappa shape index (κ2) is 6.90. The normalized spacial score (nSPS) is 11.2. The Morgan fingerprint density at radius 3 is 2.60 bits per heavy atom. The summed E-state index contributed by atoms with van der Waals surface area (Å²) in [4.78, 5) is 13.3. The summed E-state index contributed by atoms with van der Waals surface area (Å²) in [6, 6.07) is 3.27. The molecule has 0 saturated carbocycles. The average Bonchev–Trinajstić information content (AvgIpc) is 2.37. The zero-order chi connectivity index (χ0) is 15.3. The van der Waals surface area contributed by atoms with Crippen molar-refractivity contribution in [1.82, 2.24) is 4.90 Å². The average molecular weight is 352 g/mol. The van der Waals surface area contributed by atoms with Gasteiger partial charge in [-0.25, -0.2) is 0 Å². The lowest BCUT2D eigenvalue weighted by Gasteiger charge is -2.20. The summed E-state index contributed by atoms with van der Waals surface area (Å²) in [5, 5.41) is 8.87. The van der Waals surface area contributed by atoms with Crippen molar-refractivity contribution >= 4 is 21.8 Å². The van der Waals surface area contributed by atoms with E-state index in [0.717, 1.165) is 6.07 Å². The Morgan fingerprint density at radius 1 is 1.45 bits per heavy atom. The smallest absolute Gasteiger partial charge is 0.395 e. The highest BCUT2D eigenvalue weighted by atomic mass is 79.9. The maximum Gasteiger partial charge on any atom is 0.417 e. The van der Waals surface area contributed by atoms with E-state index in [0.29, 0.717) is 0 Å². The van der Waals surface area contributed by atoms with Crippen LogP contribution in [0.5, 0.6) is 0 Å². The van der Waals surface area contributed by atoms with E-state index in [9.17, 15) is 18.0 Å². The first kappa shape index (κ1) is 16.7. The van der Waals surface area contributed by atoms with E-state index >= 15 is 0 Å². The Balaban J connectivity index is 3.13. The van der Waals surface area contributed by atoms with Gasteiger partial charge in [0.05, 0.1) is 12.2 Å². The van der Waals surface area contributed by atoms with Gasteiger partial charge in [0.15, 0.2) is 0 Å². The number of amides is 1. The second-order valence-corrected chi connectivity index (χ2v) is 4.81. The van der Waals surface area contributed by atoms with Crippen LogP contribution in [0.1, 0.15) is 15.9 Å². The van der Waals surface area contributed by atoms with Crippen LogP contribution in [-0.4, -0.2) is 35.6 Å². The molecular weight excluding hydrogens is 339 g/mol. The minimum absolute atomic E-state index is 0.0300. The molecule has 1 amide bonds. The molecule has 0 atom stereocenters. The quantitative estimate of drug-likeness (QED) is 0.828. The van der Waals surface area contributed by atoms with E-state index < -0.39 is 17.6 Å². The molecule has 1 N–H and O–H groups in total. The van der Waals surface area contributed by atoms with Crippen LogP contribution < -0.4 is 0 Å². The summed E-state index contributed by atoms with van der Waals surface area (Å²) < 4.78 is 38.2. The summed E-state index contributed by atoms with van der Waals surface area (Å²) >= 11 is 2.81. The van der Waals surface area contributed by atoms with Gasteiger partial charge < -0.3 is 10.0 Å². The Hall–Kier alpha value is -1.34. The van der Waals surface area contributed by atoms with Crippen molar-refractivity contribution in [2.45, 2.75) is 6.18 Å². The SMILES string of the molecule is C=CCN(CCO)C(=O)c1ccc(Br)c(C(F)(F)F)c1. The number of benzene rings is 1. The molecule has 0 bridgehead atoms. The number of hydrogen-bond donors (Lipinski definition) is 1. The summed E-state index contributed by atoms with van der Waals surface area (Å²) in [5.41, 5.74) is -0.998. The van der Waals surface area contributed by atoms with Gasteiger partial charge in [-0.3, -0.25) is 4.79 Å². The first-order chi connectivity index (χ1) is 9.31. The molecule has 1 rings (SSSR count). The van der Waals surface area contributed by atoms with Gasteiger partial charge in [-0.1, -0.05) is 22.0 Å². The monoisotopic (exact) mass is 351 g/mol. The third kappa shape index (κ3) is 4.08. The maximum absolute atomic E-state index is 12.8. The molecule has 0 heterocycles. The number of nitrogens with zero attached hydrogens (tertiary/aromatic N) is 1. The number of aliphatic hydroxyl groups is 1. The molecule has 0 aromatic heterocycles. The standard InChI is InChI=1S/C13H13BrF3NO2/c1-2-5-18(6-7-19)12(20)9-3-4-11(14)10(8-9)13(15,16)17/h2-4,8,19H,1,5-7H2. The Labute approximate surface area is 122 Å². The zero-order valence-electron chi connectivity index (χ0n) is 10.5. The van der Waals surface area contributed by atoms with Crippen LogP contribution in [0.4, 0.5) is 13.2 Å². The molecular formula is C13H13BrF3NO2. The van der Waals surface area contributed by atoms with Gasteiger partial charge in [-0.2, -0.15) is 13.2 Å². The molecule has 3 nitrogen and oxygen atoms in total. The molecule has 0 aliphatic rings.